The maximum Gasteiger partial charge on any atom is 0.416 e. The van der Waals surface area contributed by atoms with E-state index in [-0.39, 0.29) is 51.6 Å². The fraction of sp³-hybridized carbons (Fsp3) is 0.500. The minimum atomic E-state index is -4.78. The molecule has 42 heavy (non-hydrogen) atoms. The summed E-state index contributed by atoms with van der Waals surface area (Å²) in [6.45, 7) is 7.10. The number of alkyl halides is 3. The van der Waals surface area contributed by atoms with Crippen LogP contribution >= 0.6 is 11.6 Å². The Kier molecular flexibility index (Phi) is 10.1. The standard InChI is InChI=1S/C28H36ClF3N4O5S/c1-6-42(39,40)24-8-7-19(29)11-17(24)14-34-25(37)21-13-22(28(30,31)32)18(12-23(21)33)15-36-10-9-20(16-36)35(5)26(38)41-27(2,3)4/h7-8,11-13,20H,6,9-10,14-16,33H2,1-5H3,(H,34,37)/t20-/m1/s1. The highest BCUT2D eigenvalue weighted by atomic mass is 35.5. The van der Waals surface area contributed by atoms with Gasteiger partial charge < -0.3 is 20.7 Å². The Hall–Kier alpha value is -3.03. The van der Waals surface area contributed by atoms with E-state index < -0.39 is 44.7 Å². The Morgan fingerprint density at radius 3 is 2.43 bits per heavy atom. The molecule has 0 radical (unpaired) electrons. The normalized spacial score (nSPS) is 16.4. The number of rotatable bonds is 8. The molecule has 9 nitrogen and oxygen atoms in total. The molecule has 3 rings (SSSR count). The lowest BCUT2D eigenvalue weighted by molar-refractivity contribution is -0.138. The van der Waals surface area contributed by atoms with Gasteiger partial charge in [-0.3, -0.25) is 9.69 Å². The molecule has 2 aromatic rings. The Morgan fingerprint density at radius 2 is 1.83 bits per heavy atom. The van der Waals surface area contributed by atoms with Crippen molar-refractivity contribution in [2.75, 3.05) is 31.6 Å². The molecule has 1 fully saturated rings. The van der Waals surface area contributed by atoms with Crippen molar-refractivity contribution in [2.45, 2.75) is 69.9 Å². The second-order valence-corrected chi connectivity index (χ2v) is 13.9. The molecule has 0 bridgehead atoms. The van der Waals surface area contributed by atoms with E-state index in [0.717, 1.165) is 6.07 Å². The molecule has 0 unspecified atom stereocenters. The average molecular weight is 633 g/mol. The fourth-order valence-corrected chi connectivity index (χ4v) is 5.98. The quantitative estimate of drug-likeness (QED) is 0.388. The minimum absolute atomic E-state index is 0.0322. The maximum atomic E-state index is 14.1. The topological polar surface area (TPSA) is 122 Å². The number of nitrogens with zero attached hydrogens (tertiary/aromatic N) is 2. The number of anilines is 1. The highest BCUT2D eigenvalue weighted by Gasteiger charge is 2.37. The van der Waals surface area contributed by atoms with Crippen molar-refractivity contribution >= 4 is 39.1 Å². The molecule has 1 aliphatic heterocycles. The monoisotopic (exact) mass is 632 g/mol. The molecular formula is C28H36ClF3N4O5S. The van der Waals surface area contributed by atoms with Gasteiger partial charge in [-0.2, -0.15) is 13.2 Å². The molecule has 232 valence electrons. The first-order valence-electron chi connectivity index (χ1n) is 13.3. The number of sulfone groups is 1. The molecule has 0 aliphatic carbocycles. The molecule has 3 N–H and O–H groups in total. The summed E-state index contributed by atoms with van der Waals surface area (Å²) in [6, 6.07) is 5.70. The van der Waals surface area contributed by atoms with Gasteiger partial charge in [0.25, 0.3) is 5.91 Å². The molecule has 14 heteroatoms. The second-order valence-electron chi connectivity index (χ2n) is 11.2. The van der Waals surface area contributed by atoms with Gasteiger partial charge in [0.2, 0.25) is 0 Å². The summed E-state index contributed by atoms with van der Waals surface area (Å²) in [5, 5.41) is 2.70. The molecule has 1 aliphatic rings. The van der Waals surface area contributed by atoms with Crippen LogP contribution in [0.3, 0.4) is 0 Å². The van der Waals surface area contributed by atoms with E-state index in [2.05, 4.69) is 5.32 Å². The number of carbonyl (C=O) groups excluding carboxylic acids is 2. The van der Waals surface area contributed by atoms with Crippen LogP contribution in [-0.2, 0) is 33.8 Å². The number of nitrogens with two attached hydrogens (primary N) is 1. The number of likely N-dealkylation sites (N-methyl/N-ethyl adjacent to an activating group) is 1. The molecule has 0 spiro atoms. The third-order valence-electron chi connectivity index (χ3n) is 6.87. The van der Waals surface area contributed by atoms with Gasteiger partial charge in [-0.15, -0.1) is 0 Å². The summed E-state index contributed by atoms with van der Waals surface area (Å²) in [5.74, 6) is -1.09. The maximum absolute atomic E-state index is 14.1. The number of nitrogen functional groups attached to an aromatic ring is 1. The van der Waals surface area contributed by atoms with E-state index in [4.69, 9.17) is 22.1 Å². The summed E-state index contributed by atoms with van der Waals surface area (Å²) >= 11 is 6.01. The van der Waals surface area contributed by atoms with Crippen LogP contribution in [-0.4, -0.2) is 67.8 Å². The highest BCUT2D eigenvalue weighted by Crippen LogP contribution is 2.36. The van der Waals surface area contributed by atoms with Crippen LogP contribution in [0.5, 0.6) is 0 Å². The molecule has 2 aromatic carbocycles. The number of ether oxygens (including phenoxy) is 1. The second kappa shape index (κ2) is 12.7. The third-order valence-corrected chi connectivity index (χ3v) is 8.94. The third kappa shape index (κ3) is 8.29. The van der Waals surface area contributed by atoms with Crippen molar-refractivity contribution in [1.29, 1.82) is 0 Å². The molecule has 1 atom stereocenters. The van der Waals surface area contributed by atoms with E-state index in [1.807, 2.05) is 0 Å². The molecule has 2 amide bonds. The van der Waals surface area contributed by atoms with Crippen molar-refractivity contribution in [3.63, 3.8) is 0 Å². The number of nitrogens with one attached hydrogen (secondary N) is 1. The summed E-state index contributed by atoms with van der Waals surface area (Å²) < 4.78 is 72.7. The van der Waals surface area contributed by atoms with Crippen molar-refractivity contribution in [3.8, 4) is 0 Å². The highest BCUT2D eigenvalue weighted by molar-refractivity contribution is 7.91. The average Bonchev–Trinajstić information content (AvgIpc) is 3.33. The van der Waals surface area contributed by atoms with Crippen LogP contribution < -0.4 is 11.1 Å². The Labute approximate surface area is 249 Å². The molecule has 1 saturated heterocycles. The van der Waals surface area contributed by atoms with Gasteiger partial charge in [0.05, 0.1) is 21.8 Å². The Bertz CT molecular complexity index is 1440. The van der Waals surface area contributed by atoms with E-state index in [1.165, 1.54) is 30.0 Å². The van der Waals surface area contributed by atoms with Gasteiger partial charge in [-0.05, 0) is 68.7 Å². The summed E-state index contributed by atoms with van der Waals surface area (Å²) in [5.41, 5.74) is 3.91. The fourth-order valence-electron chi connectivity index (χ4n) is 4.67. The number of hydrogen-bond acceptors (Lipinski definition) is 7. The predicted octanol–water partition coefficient (Wildman–Crippen LogP) is 5.11. The van der Waals surface area contributed by atoms with E-state index in [1.54, 1.807) is 32.7 Å². The van der Waals surface area contributed by atoms with Gasteiger partial charge in [0.1, 0.15) is 5.60 Å². The zero-order valence-corrected chi connectivity index (χ0v) is 25.7. The Morgan fingerprint density at radius 1 is 1.17 bits per heavy atom. The number of halogens is 4. The van der Waals surface area contributed by atoms with Crippen LogP contribution in [0.1, 0.15) is 61.2 Å². The largest absolute Gasteiger partial charge is 0.444 e. The van der Waals surface area contributed by atoms with Gasteiger partial charge in [-0.1, -0.05) is 18.5 Å². The smallest absolute Gasteiger partial charge is 0.416 e. The van der Waals surface area contributed by atoms with Crippen LogP contribution in [0.2, 0.25) is 5.02 Å². The van der Waals surface area contributed by atoms with E-state index in [0.29, 0.717) is 25.6 Å². The number of likely N-dealkylation sites (tertiary alicyclic amines) is 1. The van der Waals surface area contributed by atoms with Crippen LogP contribution in [0, 0.1) is 0 Å². The predicted molar refractivity (Wildman–Crippen MR) is 154 cm³/mol. The molecular weight excluding hydrogens is 597 g/mol. The zero-order chi connectivity index (χ0) is 31.6. The van der Waals surface area contributed by atoms with Gasteiger partial charge in [0.15, 0.2) is 9.84 Å². The van der Waals surface area contributed by atoms with Gasteiger partial charge in [0, 0.05) is 50.0 Å². The van der Waals surface area contributed by atoms with Crippen molar-refractivity contribution in [2.24, 2.45) is 0 Å². The van der Waals surface area contributed by atoms with Crippen LogP contribution in [0.4, 0.5) is 23.7 Å². The zero-order valence-electron chi connectivity index (χ0n) is 24.1. The van der Waals surface area contributed by atoms with Crippen LogP contribution in [0.25, 0.3) is 0 Å². The first-order chi connectivity index (χ1) is 19.3. The summed E-state index contributed by atoms with van der Waals surface area (Å²) in [6.07, 6.45) is -4.74. The van der Waals surface area contributed by atoms with E-state index in [9.17, 15) is 31.2 Å². The molecule has 0 saturated carbocycles. The molecule has 1 heterocycles. The number of benzene rings is 2. The van der Waals surface area contributed by atoms with Gasteiger partial charge >= 0.3 is 12.3 Å². The number of carbonyl (C=O) groups is 2. The van der Waals surface area contributed by atoms with Crippen LogP contribution in [0.15, 0.2) is 35.2 Å². The lowest BCUT2D eigenvalue weighted by Gasteiger charge is -2.28. The lowest BCUT2D eigenvalue weighted by atomic mass is 10.00. The van der Waals surface area contributed by atoms with Gasteiger partial charge in [-0.25, -0.2) is 13.2 Å². The Balaban J connectivity index is 1.79. The number of amides is 2. The van der Waals surface area contributed by atoms with Crippen molar-refractivity contribution in [3.05, 3.63) is 57.6 Å². The molecule has 0 aromatic heterocycles. The van der Waals surface area contributed by atoms with Crippen molar-refractivity contribution in [1.82, 2.24) is 15.1 Å². The lowest BCUT2D eigenvalue weighted by Crippen LogP contribution is -2.42. The minimum Gasteiger partial charge on any atom is -0.444 e. The first-order valence-corrected chi connectivity index (χ1v) is 15.3. The summed E-state index contributed by atoms with van der Waals surface area (Å²) in [7, 11) is -2.05. The van der Waals surface area contributed by atoms with Crippen molar-refractivity contribution < 1.29 is 35.9 Å². The summed E-state index contributed by atoms with van der Waals surface area (Å²) in [4.78, 5) is 28.6. The van der Waals surface area contributed by atoms with E-state index >= 15 is 0 Å². The number of hydrogen-bond donors (Lipinski definition) is 2. The SMILES string of the molecule is CCS(=O)(=O)c1ccc(Cl)cc1CNC(=O)c1cc(C(F)(F)F)c(CN2CC[C@@H](N(C)C(=O)OC(C)(C)C)C2)cc1N. The first kappa shape index (κ1) is 33.5.